The van der Waals surface area contributed by atoms with E-state index in [0.717, 1.165) is 0 Å². The number of rotatable bonds is 1. The molecule has 0 fully saturated rings. The highest BCUT2D eigenvalue weighted by Crippen LogP contribution is 2.29. The van der Waals surface area contributed by atoms with Crippen LogP contribution in [0.25, 0.3) is 21.9 Å². The van der Waals surface area contributed by atoms with Crippen molar-refractivity contribution in [3.63, 3.8) is 0 Å². The lowest BCUT2D eigenvalue weighted by Gasteiger charge is -1.98. The van der Waals surface area contributed by atoms with Crippen LogP contribution in [0.5, 0.6) is 0 Å². The van der Waals surface area contributed by atoms with Crippen LogP contribution < -0.4 is 0 Å². The maximum Gasteiger partial charge on any atom is 0.339 e. The van der Waals surface area contributed by atoms with Gasteiger partial charge in [-0.3, -0.25) is 4.98 Å². The molecule has 0 radical (unpaired) electrons. The van der Waals surface area contributed by atoms with Crippen molar-refractivity contribution in [2.75, 3.05) is 7.11 Å². The van der Waals surface area contributed by atoms with Crippen LogP contribution in [0.2, 0.25) is 0 Å². The molecule has 3 aromatic rings. The number of carbonyl (C=O) groups is 1. The average Bonchev–Trinajstić information content (AvgIpc) is 2.74. The number of fused-ring (bicyclic) bond motifs is 3. The van der Waals surface area contributed by atoms with E-state index in [4.69, 9.17) is 0 Å². The summed E-state index contributed by atoms with van der Waals surface area (Å²) in [7, 11) is 1.30. The number of aromatic amines is 1. The highest BCUT2D eigenvalue weighted by atomic mass is 79.9. The molecule has 96 valence electrons. The molecule has 1 N–H and O–H groups in total. The van der Waals surface area contributed by atoms with Crippen molar-refractivity contribution in [1.82, 2.24) is 9.97 Å². The number of hydrogen-bond acceptors (Lipinski definition) is 3. The van der Waals surface area contributed by atoms with Gasteiger partial charge in [-0.15, -0.1) is 0 Å². The Morgan fingerprint density at radius 1 is 1.37 bits per heavy atom. The zero-order chi connectivity index (χ0) is 13.6. The third-order valence-corrected chi connectivity index (χ3v) is 3.33. The van der Waals surface area contributed by atoms with Gasteiger partial charge in [-0.25, -0.2) is 9.18 Å². The molecule has 0 saturated heterocycles. The summed E-state index contributed by atoms with van der Waals surface area (Å²) in [6, 6.07) is 4.74. The van der Waals surface area contributed by atoms with E-state index < -0.39 is 5.97 Å². The van der Waals surface area contributed by atoms with Crippen LogP contribution in [-0.4, -0.2) is 23.0 Å². The summed E-state index contributed by atoms with van der Waals surface area (Å²) >= 11 is 3.23. The van der Waals surface area contributed by atoms with Gasteiger partial charge in [-0.2, -0.15) is 0 Å². The van der Waals surface area contributed by atoms with E-state index in [1.165, 1.54) is 19.4 Å². The van der Waals surface area contributed by atoms with Gasteiger partial charge in [0.05, 0.1) is 34.6 Å². The molecule has 3 rings (SSSR count). The summed E-state index contributed by atoms with van der Waals surface area (Å²) in [4.78, 5) is 18.6. The molecular formula is C13H8BrFN2O2. The first-order valence-corrected chi connectivity index (χ1v) is 6.24. The van der Waals surface area contributed by atoms with Gasteiger partial charge in [0.2, 0.25) is 0 Å². The second-order valence-electron chi connectivity index (χ2n) is 4.05. The molecule has 0 saturated carbocycles. The first kappa shape index (κ1) is 12.1. The molecule has 19 heavy (non-hydrogen) atoms. The number of ether oxygens (including phenoxy) is 1. The smallest absolute Gasteiger partial charge is 0.339 e. The monoisotopic (exact) mass is 322 g/mol. The molecular weight excluding hydrogens is 315 g/mol. The molecule has 0 unspecified atom stereocenters. The fourth-order valence-corrected chi connectivity index (χ4v) is 2.48. The van der Waals surface area contributed by atoms with Crippen LogP contribution >= 0.6 is 15.9 Å². The van der Waals surface area contributed by atoms with Crippen LogP contribution in [0, 0.1) is 5.82 Å². The quantitative estimate of drug-likeness (QED) is 0.698. The van der Waals surface area contributed by atoms with Crippen LogP contribution in [0.1, 0.15) is 10.4 Å². The highest BCUT2D eigenvalue weighted by molar-refractivity contribution is 9.10. The number of pyridine rings is 1. The summed E-state index contributed by atoms with van der Waals surface area (Å²) in [6.45, 7) is 0. The Morgan fingerprint density at radius 2 is 2.16 bits per heavy atom. The molecule has 2 aromatic heterocycles. The second kappa shape index (κ2) is 4.31. The van der Waals surface area contributed by atoms with Gasteiger partial charge < -0.3 is 9.72 Å². The Hall–Kier alpha value is -1.95. The zero-order valence-corrected chi connectivity index (χ0v) is 11.4. The maximum absolute atomic E-state index is 14.0. The van der Waals surface area contributed by atoms with E-state index in [1.54, 1.807) is 12.1 Å². The van der Waals surface area contributed by atoms with E-state index in [0.29, 0.717) is 32.0 Å². The van der Waals surface area contributed by atoms with Gasteiger partial charge in [0.25, 0.3) is 0 Å². The summed E-state index contributed by atoms with van der Waals surface area (Å²) in [5.74, 6) is -0.844. The first-order chi connectivity index (χ1) is 9.10. The number of esters is 1. The minimum atomic E-state index is -0.477. The van der Waals surface area contributed by atoms with Crippen molar-refractivity contribution < 1.29 is 13.9 Å². The SMILES string of the molecule is COC(=O)c1cnc2c(c1)[nH]c1cc(Br)cc(F)c12. The summed E-state index contributed by atoms with van der Waals surface area (Å²) in [5, 5.41) is 0.412. The Labute approximate surface area is 115 Å². The number of aromatic nitrogens is 2. The van der Waals surface area contributed by atoms with Gasteiger partial charge in [-0.1, -0.05) is 15.9 Å². The highest BCUT2D eigenvalue weighted by Gasteiger charge is 2.14. The van der Waals surface area contributed by atoms with Gasteiger partial charge in [0, 0.05) is 10.7 Å². The summed E-state index contributed by atoms with van der Waals surface area (Å²) in [5.41, 5.74) is 2.03. The van der Waals surface area contributed by atoms with E-state index in [9.17, 15) is 9.18 Å². The van der Waals surface area contributed by atoms with Gasteiger partial charge in [0.15, 0.2) is 0 Å². The lowest BCUT2D eigenvalue weighted by atomic mass is 10.2. The Balaban J connectivity index is 2.34. The normalized spacial score (nSPS) is 11.1. The Bertz CT molecular complexity index is 813. The molecule has 0 atom stereocenters. The molecule has 0 spiro atoms. The number of halogens is 2. The molecule has 6 heteroatoms. The molecule has 0 aliphatic rings. The molecule has 4 nitrogen and oxygen atoms in total. The van der Waals surface area contributed by atoms with Gasteiger partial charge in [0.1, 0.15) is 5.82 Å². The molecule has 0 amide bonds. The number of H-pyrrole nitrogens is 1. The standard InChI is InChI=1S/C13H8BrFN2O2/c1-19-13(18)6-2-10-12(16-5-6)11-8(15)3-7(14)4-9(11)17-10/h2-5,17H,1H3. The van der Waals surface area contributed by atoms with Crippen molar-refractivity contribution >= 4 is 43.8 Å². The van der Waals surface area contributed by atoms with Crippen molar-refractivity contribution in [2.45, 2.75) is 0 Å². The lowest BCUT2D eigenvalue weighted by molar-refractivity contribution is 0.0600. The number of hydrogen-bond donors (Lipinski definition) is 1. The Kier molecular flexibility index (Phi) is 2.74. The predicted octanol–water partition coefficient (Wildman–Crippen LogP) is 3.40. The number of nitrogens with one attached hydrogen (secondary N) is 1. The second-order valence-corrected chi connectivity index (χ2v) is 4.96. The van der Waals surface area contributed by atoms with Crippen LogP contribution in [0.4, 0.5) is 4.39 Å². The van der Waals surface area contributed by atoms with Crippen LogP contribution in [0.3, 0.4) is 0 Å². The number of nitrogens with zero attached hydrogens (tertiary/aromatic N) is 1. The number of benzene rings is 1. The number of carbonyl (C=O) groups excluding carboxylic acids is 1. The Morgan fingerprint density at radius 3 is 2.89 bits per heavy atom. The summed E-state index contributed by atoms with van der Waals surface area (Å²) in [6.07, 6.45) is 1.38. The van der Waals surface area contributed by atoms with E-state index in [1.807, 2.05) is 0 Å². The van der Waals surface area contributed by atoms with Crippen molar-refractivity contribution in [2.24, 2.45) is 0 Å². The average molecular weight is 323 g/mol. The molecule has 0 aliphatic carbocycles. The lowest BCUT2D eigenvalue weighted by Crippen LogP contribution is -2.01. The van der Waals surface area contributed by atoms with Crippen molar-refractivity contribution in [3.05, 3.63) is 40.2 Å². The third kappa shape index (κ3) is 1.88. The minimum absolute atomic E-state index is 0.320. The maximum atomic E-state index is 14.0. The molecule has 2 heterocycles. The fourth-order valence-electron chi connectivity index (χ4n) is 2.05. The summed E-state index contributed by atoms with van der Waals surface area (Å²) < 4.78 is 19.2. The van der Waals surface area contributed by atoms with Gasteiger partial charge in [-0.05, 0) is 18.2 Å². The van der Waals surface area contributed by atoms with Crippen molar-refractivity contribution in [3.8, 4) is 0 Å². The van der Waals surface area contributed by atoms with Crippen LogP contribution in [-0.2, 0) is 4.74 Å². The van der Waals surface area contributed by atoms with E-state index in [-0.39, 0.29) is 5.82 Å². The number of methoxy groups -OCH3 is 1. The molecule has 0 bridgehead atoms. The fraction of sp³-hybridized carbons (Fsp3) is 0.0769. The molecule has 1 aromatic carbocycles. The van der Waals surface area contributed by atoms with Crippen LogP contribution in [0.15, 0.2) is 28.9 Å². The predicted molar refractivity (Wildman–Crippen MR) is 72.6 cm³/mol. The van der Waals surface area contributed by atoms with Gasteiger partial charge >= 0.3 is 5.97 Å². The third-order valence-electron chi connectivity index (χ3n) is 2.87. The molecule has 0 aliphatic heterocycles. The minimum Gasteiger partial charge on any atom is -0.465 e. The topological polar surface area (TPSA) is 55.0 Å². The largest absolute Gasteiger partial charge is 0.465 e. The first-order valence-electron chi connectivity index (χ1n) is 5.45. The zero-order valence-electron chi connectivity index (χ0n) is 9.83. The van der Waals surface area contributed by atoms with E-state index >= 15 is 0 Å². The van der Waals surface area contributed by atoms with Crippen molar-refractivity contribution in [1.29, 1.82) is 0 Å². The van der Waals surface area contributed by atoms with E-state index in [2.05, 4.69) is 30.6 Å².